The van der Waals surface area contributed by atoms with Crippen molar-refractivity contribution in [2.45, 2.75) is 32.9 Å². The van der Waals surface area contributed by atoms with E-state index < -0.39 is 0 Å². The van der Waals surface area contributed by atoms with Gasteiger partial charge in [0.2, 0.25) is 0 Å². The Morgan fingerprint density at radius 3 is 2.30 bits per heavy atom. The molecule has 2 aromatic carbocycles. The molecule has 0 spiro atoms. The Hall–Kier alpha value is -1.58. The van der Waals surface area contributed by atoms with E-state index in [-0.39, 0.29) is 5.60 Å². The second-order valence-corrected chi connectivity index (χ2v) is 5.78. The van der Waals surface area contributed by atoms with Gasteiger partial charge in [0, 0.05) is 11.9 Å². The lowest BCUT2D eigenvalue weighted by atomic mass is 10.0. The zero-order valence-electron chi connectivity index (χ0n) is 12.5. The largest absolute Gasteiger partial charge is 0.491 e. The number of fused-ring (bicyclic) bond motifs is 1. The van der Waals surface area contributed by atoms with Crippen molar-refractivity contribution in [3.05, 3.63) is 42.0 Å². The van der Waals surface area contributed by atoms with E-state index in [0.717, 1.165) is 22.1 Å². The molecule has 0 atom stereocenters. The van der Waals surface area contributed by atoms with Crippen LogP contribution in [0.5, 0.6) is 5.75 Å². The molecule has 0 aliphatic rings. The van der Waals surface area contributed by atoms with Crippen molar-refractivity contribution in [1.82, 2.24) is 0 Å². The molecule has 0 aliphatic carbocycles. The molecule has 0 aromatic heterocycles. The maximum Gasteiger partial charge on any atom is 0.127 e. The van der Waals surface area contributed by atoms with Crippen molar-refractivity contribution in [3.63, 3.8) is 0 Å². The summed E-state index contributed by atoms with van der Waals surface area (Å²) in [6.45, 7) is 7.78. The van der Waals surface area contributed by atoms with Crippen LogP contribution in [0.25, 0.3) is 10.8 Å². The lowest BCUT2D eigenvalue weighted by Crippen LogP contribution is -2.22. The molecule has 3 heteroatoms. The van der Waals surface area contributed by atoms with Gasteiger partial charge in [-0.25, -0.2) is 0 Å². The quantitative estimate of drug-likeness (QED) is 0.848. The molecule has 0 heterocycles. The van der Waals surface area contributed by atoms with E-state index in [9.17, 15) is 0 Å². The van der Waals surface area contributed by atoms with Crippen LogP contribution < -0.4 is 10.5 Å². The first-order valence-electron chi connectivity index (χ1n) is 6.99. The minimum atomic E-state index is -0.130. The van der Waals surface area contributed by atoms with Gasteiger partial charge in [-0.2, -0.15) is 0 Å². The van der Waals surface area contributed by atoms with E-state index in [0.29, 0.717) is 19.8 Å². The molecule has 0 radical (unpaired) electrons. The van der Waals surface area contributed by atoms with Gasteiger partial charge in [-0.15, -0.1) is 0 Å². The van der Waals surface area contributed by atoms with Gasteiger partial charge < -0.3 is 15.2 Å². The normalized spacial score (nSPS) is 11.8. The van der Waals surface area contributed by atoms with Crippen LogP contribution in [0.2, 0.25) is 0 Å². The third-order valence-corrected chi connectivity index (χ3v) is 3.07. The van der Waals surface area contributed by atoms with Gasteiger partial charge >= 0.3 is 0 Å². The molecule has 0 amide bonds. The van der Waals surface area contributed by atoms with E-state index in [4.69, 9.17) is 15.2 Å². The predicted molar refractivity (Wildman–Crippen MR) is 83.0 cm³/mol. The molecule has 2 N–H and O–H groups in total. The van der Waals surface area contributed by atoms with Crippen LogP contribution in [-0.4, -0.2) is 18.8 Å². The Balaban J connectivity index is 2.11. The molecule has 0 aliphatic heterocycles. The molecule has 20 heavy (non-hydrogen) atoms. The topological polar surface area (TPSA) is 44.5 Å². The van der Waals surface area contributed by atoms with E-state index in [2.05, 4.69) is 12.1 Å². The Kier molecular flexibility index (Phi) is 4.63. The van der Waals surface area contributed by atoms with Crippen LogP contribution in [0, 0.1) is 0 Å². The van der Waals surface area contributed by atoms with Crippen molar-refractivity contribution in [2.75, 3.05) is 13.2 Å². The average Bonchev–Trinajstić information content (AvgIpc) is 2.42. The molecule has 0 unspecified atom stereocenters. The molecule has 0 fully saturated rings. The van der Waals surface area contributed by atoms with Crippen LogP contribution in [0.15, 0.2) is 36.4 Å². The summed E-state index contributed by atoms with van der Waals surface area (Å²) in [5.74, 6) is 0.885. The minimum Gasteiger partial charge on any atom is -0.491 e. The average molecular weight is 273 g/mol. The predicted octanol–water partition coefficient (Wildman–Crippen LogP) is 3.49. The molecule has 0 bridgehead atoms. The van der Waals surface area contributed by atoms with Crippen molar-refractivity contribution >= 4 is 10.8 Å². The Bertz CT molecular complexity index is 573. The van der Waals surface area contributed by atoms with Gasteiger partial charge in [-0.3, -0.25) is 0 Å². The van der Waals surface area contributed by atoms with Gasteiger partial charge in [-0.1, -0.05) is 30.3 Å². The smallest absolute Gasteiger partial charge is 0.127 e. The van der Waals surface area contributed by atoms with Crippen LogP contribution in [0.3, 0.4) is 0 Å². The van der Waals surface area contributed by atoms with Crippen LogP contribution in [-0.2, 0) is 11.3 Å². The molecule has 2 rings (SSSR count). The van der Waals surface area contributed by atoms with E-state index >= 15 is 0 Å². The van der Waals surface area contributed by atoms with E-state index in [1.807, 2.05) is 45.0 Å². The summed E-state index contributed by atoms with van der Waals surface area (Å²) in [5, 5.41) is 2.26. The third-order valence-electron chi connectivity index (χ3n) is 3.07. The van der Waals surface area contributed by atoms with Crippen molar-refractivity contribution in [3.8, 4) is 5.75 Å². The monoisotopic (exact) mass is 273 g/mol. The highest BCUT2D eigenvalue weighted by Crippen LogP contribution is 2.28. The highest BCUT2D eigenvalue weighted by molar-refractivity contribution is 5.91. The van der Waals surface area contributed by atoms with Gasteiger partial charge in [-0.05, 0) is 37.8 Å². The summed E-state index contributed by atoms with van der Waals surface area (Å²) in [6, 6.07) is 12.2. The summed E-state index contributed by atoms with van der Waals surface area (Å²) in [7, 11) is 0. The van der Waals surface area contributed by atoms with E-state index in [1.165, 1.54) is 0 Å². The molecular weight excluding hydrogens is 250 g/mol. The van der Waals surface area contributed by atoms with E-state index in [1.54, 1.807) is 0 Å². The van der Waals surface area contributed by atoms with Gasteiger partial charge in [0.1, 0.15) is 12.4 Å². The third kappa shape index (κ3) is 3.71. The lowest BCUT2D eigenvalue weighted by Gasteiger charge is -2.20. The number of hydrogen-bond acceptors (Lipinski definition) is 3. The van der Waals surface area contributed by atoms with Crippen molar-refractivity contribution < 1.29 is 9.47 Å². The Morgan fingerprint density at radius 2 is 1.65 bits per heavy atom. The zero-order valence-corrected chi connectivity index (χ0v) is 12.5. The number of rotatable bonds is 5. The molecule has 0 saturated heterocycles. The summed E-state index contributed by atoms with van der Waals surface area (Å²) < 4.78 is 11.5. The fourth-order valence-corrected chi connectivity index (χ4v) is 2.14. The SMILES string of the molecule is CC(C)(C)OCCOc1ccc(CN)c2ccccc12. The number of benzene rings is 2. The van der Waals surface area contributed by atoms with Crippen molar-refractivity contribution in [2.24, 2.45) is 5.73 Å². The number of ether oxygens (including phenoxy) is 2. The Morgan fingerprint density at radius 1 is 0.950 bits per heavy atom. The number of nitrogens with two attached hydrogens (primary N) is 1. The summed E-state index contributed by atoms with van der Waals surface area (Å²) in [4.78, 5) is 0. The molecule has 0 saturated carbocycles. The summed E-state index contributed by atoms with van der Waals surface area (Å²) in [5.41, 5.74) is 6.78. The minimum absolute atomic E-state index is 0.130. The first-order valence-corrected chi connectivity index (χ1v) is 6.99. The van der Waals surface area contributed by atoms with Crippen LogP contribution in [0.1, 0.15) is 26.3 Å². The first kappa shape index (κ1) is 14.8. The van der Waals surface area contributed by atoms with Crippen LogP contribution >= 0.6 is 0 Å². The van der Waals surface area contributed by atoms with Crippen molar-refractivity contribution in [1.29, 1.82) is 0 Å². The maximum absolute atomic E-state index is 5.85. The van der Waals surface area contributed by atoms with Gasteiger partial charge in [0.15, 0.2) is 0 Å². The van der Waals surface area contributed by atoms with Gasteiger partial charge in [0.25, 0.3) is 0 Å². The second kappa shape index (κ2) is 6.25. The fourth-order valence-electron chi connectivity index (χ4n) is 2.14. The maximum atomic E-state index is 5.85. The highest BCUT2D eigenvalue weighted by atomic mass is 16.5. The lowest BCUT2D eigenvalue weighted by molar-refractivity contribution is -0.0161. The fraction of sp³-hybridized carbons (Fsp3) is 0.412. The zero-order chi connectivity index (χ0) is 14.6. The Labute approximate surface area is 120 Å². The molecule has 2 aromatic rings. The van der Waals surface area contributed by atoms with Gasteiger partial charge in [0.05, 0.1) is 12.2 Å². The first-order chi connectivity index (χ1) is 9.51. The standard InChI is InChI=1S/C17H23NO2/c1-17(2,3)20-11-10-19-16-9-8-13(12-18)14-6-4-5-7-15(14)16/h4-9H,10-12,18H2,1-3H3. The summed E-state index contributed by atoms with van der Waals surface area (Å²) in [6.07, 6.45) is 0. The number of hydrogen-bond donors (Lipinski definition) is 1. The van der Waals surface area contributed by atoms with Crippen LogP contribution in [0.4, 0.5) is 0 Å². The second-order valence-electron chi connectivity index (χ2n) is 5.78. The highest BCUT2D eigenvalue weighted by Gasteiger charge is 2.10. The molecule has 108 valence electrons. The summed E-state index contributed by atoms with van der Waals surface area (Å²) >= 11 is 0. The molecular formula is C17H23NO2. The molecule has 3 nitrogen and oxygen atoms in total.